The Morgan fingerprint density at radius 2 is 1.93 bits per heavy atom. The first-order valence-electron chi connectivity index (χ1n) is 8.76. The molecule has 0 aliphatic rings. The molecule has 0 bridgehead atoms. The summed E-state index contributed by atoms with van der Waals surface area (Å²) in [6.45, 7) is 6.02. The van der Waals surface area contributed by atoms with Crippen molar-refractivity contribution in [2.24, 2.45) is 0 Å². The minimum absolute atomic E-state index is 0.533. The van der Waals surface area contributed by atoms with Gasteiger partial charge in [-0.1, -0.05) is 46.3 Å². The number of nitrogens with zero attached hydrogens (tertiary/aromatic N) is 3. The quantitative estimate of drug-likeness (QED) is 0.471. The molecule has 1 heterocycles. The second-order valence-corrected chi connectivity index (χ2v) is 7.16. The van der Waals surface area contributed by atoms with Gasteiger partial charge in [-0.05, 0) is 37.4 Å². The van der Waals surface area contributed by atoms with Crippen LogP contribution in [0.15, 0.2) is 77.9 Å². The Morgan fingerprint density at radius 1 is 1.11 bits per heavy atom. The number of rotatable bonds is 8. The molecule has 0 atom stereocenters. The van der Waals surface area contributed by atoms with Crippen LogP contribution < -0.4 is 4.74 Å². The predicted molar refractivity (Wildman–Crippen MR) is 115 cm³/mol. The van der Waals surface area contributed by atoms with Crippen molar-refractivity contribution in [2.45, 2.75) is 0 Å². The van der Waals surface area contributed by atoms with Gasteiger partial charge in [-0.25, -0.2) is 0 Å². The van der Waals surface area contributed by atoms with Gasteiger partial charge in [-0.15, -0.1) is 11.7 Å². The fourth-order valence-electron chi connectivity index (χ4n) is 2.74. The van der Waals surface area contributed by atoms with Gasteiger partial charge in [0.25, 0.3) is 0 Å². The molecule has 3 aromatic rings. The van der Waals surface area contributed by atoms with Crippen molar-refractivity contribution in [3.8, 4) is 17.0 Å². The highest BCUT2D eigenvalue weighted by molar-refractivity contribution is 9.10. The van der Waals surface area contributed by atoms with Gasteiger partial charge in [0.05, 0.1) is 6.20 Å². The second-order valence-electron chi connectivity index (χ2n) is 6.24. The zero-order valence-corrected chi connectivity index (χ0v) is 16.9. The van der Waals surface area contributed by atoms with Gasteiger partial charge in [0.15, 0.2) is 0 Å². The average molecular weight is 424 g/mol. The lowest BCUT2D eigenvalue weighted by Crippen LogP contribution is -2.17. The predicted octanol–water partition coefficient (Wildman–Crippen LogP) is 5.11. The fraction of sp³-hybridized carbons (Fsp3) is 0.182. The summed E-state index contributed by atoms with van der Waals surface area (Å²) in [4.78, 5) is 2.17. The normalized spacial score (nSPS) is 11.4. The Balaban J connectivity index is 1.70. The first-order valence-corrected chi connectivity index (χ1v) is 9.55. The molecule has 0 N–H and O–H groups in total. The van der Waals surface area contributed by atoms with E-state index in [1.165, 1.54) is 0 Å². The minimum Gasteiger partial charge on any atom is -0.490 e. The smallest absolute Gasteiger partial charge is 0.120 e. The lowest BCUT2D eigenvalue weighted by Gasteiger charge is -2.10. The number of hydrogen-bond donors (Lipinski definition) is 0. The third kappa shape index (κ3) is 5.25. The Labute approximate surface area is 168 Å². The van der Waals surface area contributed by atoms with Crippen LogP contribution in [0, 0.1) is 0 Å². The molecule has 0 fully saturated rings. The van der Waals surface area contributed by atoms with E-state index in [0.29, 0.717) is 6.61 Å². The van der Waals surface area contributed by atoms with Gasteiger partial charge in [-0.3, -0.25) is 4.90 Å². The molecule has 0 radical (unpaired) electrons. The van der Waals surface area contributed by atoms with E-state index in [1.54, 1.807) is 6.20 Å². The molecule has 138 valence electrons. The number of aromatic nitrogens is 2. The van der Waals surface area contributed by atoms with Crippen molar-refractivity contribution >= 4 is 26.7 Å². The zero-order valence-electron chi connectivity index (χ0n) is 15.3. The van der Waals surface area contributed by atoms with Crippen LogP contribution in [-0.2, 0) is 0 Å². The molecular formula is C22H22BrN3O. The highest BCUT2D eigenvalue weighted by Gasteiger charge is 2.07. The Hall–Kier alpha value is -2.50. The highest BCUT2D eigenvalue weighted by atomic mass is 79.9. The largest absolute Gasteiger partial charge is 0.490 e. The van der Waals surface area contributed by atoms with E-state index < -0.39 is 0 Å². The first-order chi connectivity index (χ1) is 13.2. The first kappa shape index (κ1) is 19.3. The van der Waals surface area contributed by atoms with Gasteiger partial charge in [0.1, 0.15) is 18.1 Å². The topological polar surface area (TPSA) is 38.2 Å². The Kier molecular flexibility index (Phi) is 6.74. The summed E-state index contributed by atoms with van der Waals surface area (Å²) in [7, 11) is 2.06. The summed E-state index contributed by atoms with van der Waals surface area (Å²) >= 11 is 3.46. The van der Waals surface area contributed by atoms with Gasteiger partial charge in [-0.2, -0.15) is 5.10 Å². The maximum Gasteiger partial charge on any atom is 0.120 e. The maximum atomic E-state index is 5.84. The third-order valence-electron chi connectivity index (χ3n) is 4.12. The molecule has 0 saturated carbocycles. The molecule has 0 aliphatic carbocycles. The molecule has 5 heteroatoms. The van der Waals surface area contributed by atoms with Crippen molar-refractivity contribution in [3.63, 3.8) is 0 Å². The van der Waals surface area contributed by atoms with Crippen LogP contribution in [0.25, 0.3) is 22.0 Å². The summed E-state index contributed by atoms with van der Waals surface area (Å²) in [5.41, 5.74) is 1.91. The van der Waals surface area contributed by atoms with E-state index in [2.05, 4.69) is 50.7 Å². The fourth-order valence-corrected chi connectivity index (χ4v) is 3.00. The molecule has 0 unspecified atom stereocenters. The van der Waals surface area contributed by atoms with Crippen LogP contribution in [0.5, 0.6) is 5.75 Å². The van der Waals surface area contributed by atoms with Crippen molar-refractivity contribution in [2.75, 3.05) is 26.7 Å². The molecule has 3 rings (SSSR count). The number of ether oxygens (including phenoxy) is 1. The number of halogens is 1. The molecule has 2 aromatic carbocycles. The van der Waals surface area contributed by atoms with Gasteiger partial charge >= 0.3 is 0 Å². The summed E-state index contributed by atoms with van der Waals surface area (Å²) in [5.74, 6) is 0.821. The number of benzene rings is 2. The van der Waals surface area contributed by atoms with Gasteiger partial charge in [0, 0.05) is 33.9 Å². The van der Waals surface area contributed by atoms with Crippen molar-refractivity contribution < 1.29 is 4.74 Å². The van der Waals surface area contributed by atoms with E-state index in [4.69, 9.17) is 4.74 Å². The van der Waals surface area contributed by atoms with Crippen LogP contribution in [-0.4, -0.2) is 41.8 Å². The molecule has 0 saturated heterocycles. The molecule has 0 aliphatic heterocycles. The molecule has 27 heavy (non-hydrogen) atoms. The minimum atomic E-state index is 0.533. The lowest BCUT2D eigenvalue weighted by molar-refractivity contribution is 0.361. The van der Waals surface area contributed by atoms with Crippen LogP contribution in [0.1, 0.15) is 0 Å². The maximum absolute atomic E-state index is 5.84. The van der Waals surface area contributed by atoms with E-state index >= 15 is 0 Å². The van der Waals surface area contributed by atoms with Crippen LogP contribution in [0.2, 0.25) is 0 Å². The summed E-state index contributed by atoms with van der Waals surface area (Å²) in [5, 5.41) is 10.5. The average Bonchev–Trinajstić information content (AvgIpc) is 2.68. The van der Waals surface area contributed by atoms with Crippen molar-refractivity contribution in [3.05, 3.63) is 77.9 Å². The third-order valence-corrected chi connectivity index (χ3v) is 4.65. The van der Waals surface area contributed by atoms with E-state index in [9.17, 15) is 0 Å². The monoisotopic (exact) mass is 423 g/mol. The number of likely N-dealkylation sites (N-methyl/N-ethyl adjacent to an activating group) is 1. The standard InChI is InChI=1S/C22H22BrN3O/c1-3-12-26(2)13-4-5-14-27-20-10-11-21-18(15-20)16-24-25-22(21)17-6-8-19(23)9-7-17/h3-11,15-16H,1,12-14H2,2H3/b5-4+. The van der Waals surface area contributed by atoms with Crippen LogP contribution in [0.4, 0.5) is 0 Å². The van der Waals surface area contributed by atoms with Crippen molar-refractivity contribution in [1.29, 1.82) is 0 Å². The SMILES string of the molecule is C=CCN(C)C/C=C/COc1ccc2c(-c3ccc(Br)cc3)nncc2c1. The molecular weight excluding hydrogens is 402 g/mol. The zero-order chi connectivity index (χ0) is 19.1. The molecule has 0 spiro atoms. The Bertz CT molecular complexity index is 938. The molecule has 0 amide bonds. The van der Waals surface area contributed by atoms with E-state index in [0.717, 1.165) is 45.3 Å². The lowest BCUT2D eigenvalue weighted by atomic mass is 10.1. The summed E-state index contributed by atoms with van der Waals surface area (Å²) < 4.78 is 6.88. The van der Waals surface area contributed by atoms with Crippen LogP contribution in [0.3, 0.4) is 0 Å². The Morgan fingerprint density at radius 3 is 2.70 bits per heavy atom. The summed E-state index contributed by atoms with van der Waals surface area (Å²) in [6, 6.07) is 14.1. The molecule has 1 aromatic heterocycles. The number of hydrogen-bond acceptors (Lipinski definition) is 4. The van der Waals surface area contributed by atoms with Gasteiger partial charge in [0.2, 0.25) is 0 Å². The van der Waals surface area contributed by atoms with Crippen LogP contribution >= 0.6 is 15.9 Å². The molecule has 4 nitrogen and oxygen atoms in total. The highest BCUT2D eigenvalue weighted by Crippen LogP contribution is 2.29. The summed E-state index contributed by atoms with van der Waals surface area (Å²) in [6.07, 6.45) is 7.79. The van der Waals surface area contributed by atoms with E-state index in [-0.39, 0.29) is 0 Å². The second kappa shape index (κ2) is 9.44. The van der Waals surface area contributed by atoms with Crippen molar-refractivity contribution in [1.82, 2.24) is 15.1 Å². The van der Waals surface area contributed by atoms with Gasteiger partial charge < -0.3 is 4.74 Å². The number of fused-ring (bicyclic) bond motifs is 1. The van der Waals surface area contributed by atoms with E-state index in [1.807, 2.05) is 54.6 Å².